The van der Waals surface area contributed by atoms with Crippen molar-refractivity contribution in [2.24, 2.45) is 5.41 Å². The summed E-state index contributed by atoms with van der Waals surface area (Å²) in [5, 5.41) is 0. The number of furan rings is 1. The van der Waals surface area contributed by atoms with E-state index in [9.17, 15) is 9.59 Å². The molecule has 2 saturated heterocycles. The summed E-state index contributed by atoms with van der Waals surface area (Å²) in [5.41, 5.74) is 0.502. The Morgan fingerprint density at radius 1 is 0.968 bits per heavy atom. The van der Waals surface area contributed by atoms with Gasteiger partial charge < -0.3 is 14.2 Å². The van der Waals surface area contributed by atoms with Crippen molar-refractivity contribution in [2.45, 2.75) is 76.2 Å². The Kier molecular flexibility index (Phi) is 5.77. The summed E-state index contributed by atoms with van der Waals surface area (Å²) in [4.78, 5) is 31.2. The van der Waals surface area contributed by atoms with Gasteiger partial charge in [-0.25, -0.2) is 0 Å². The highest BCUT2D eigenvalue weighted by molar-refractivity contribution is 5.91. The number of carbonyl (C=O) groups excluding carboxylic acids is 2. The average Bonchev–Trinajstić information content (AvgIpc) is 3.29. The fourth-order valence-corrected chi connectivity index (χ4v) is 6.08. The number of allylic oxidation sites excluding steroid dienone is 3. The van der Waals surface area contributed by atoms with Gasteiger partial charge in [-0.05, 0) is 63.0 Å². The van der Waals surface area contributed by atoms with Gasteiger partial charge in [-0.15, -0.1) is 0 Å². The molecule has 0 radical (unpaired) electrons. The summed E-state index contributed by atoms with van der Waals surface area (Å²) in [6.07, 6.45) is 20.2. The smallest absolute Gasteiger partial charge is 0.231 e. The highest BCUT2D eigenvalue weighted by Crippen LogP contribution is 2.52. The van der Waals surface area contributed by atoms with E-state index in [4.69, 9.17) is 4.42 Å². The van der Waals surface area contributed by atoms with Gasteiger partial charge in [-0.1, -0.05) is 24.3 Å². The Bertz CT molecular complexity index is 885. The van der Waals surface area contributed by atoms with Crippen molar-refractivity contribution in [3.05, 3.63) is 48.0 Å². The second-order valence-electron chi connectivity index (χ2n) is 9.77. The maximum atomic E-state index is 14.0. The van der Waals surface area contributed by atoms with Gasteiger partial charge in [0.2, 0.25) is 11.8 Å². The van der Waals surface area contributed by atoms with Gasteiger partial charge in [0.15, 0.2) is 0 Å². The molecule has 1 spiro atoms. The fraction of sp³-hybridized carbons (Fsp3) is 0.615. The van der Waals surface area contributed by atoms with Gasteiger partial charge in [0.1, 0.15) is 5.76 Å². The molecule has 6 rings (SSSR count). The zero-order valence-electron chi connectivity index (χ0n) is 18.4. The summed E-state index contributed by atoms with van der Waals surface area (Å²) in [6.45, 7) is 2.14. The van der Waals surface area contributed by atoms with Crippen molar-refractivity contribution in [2.75, 3.05) is 19.6 Å². The van der Waals surface area contributed by atoms with Crippen LogP contribution >= 0.6 is 0 Å². The first kappa shape index (κ1) is 20.6. The second kappa shape index (κ2) is 8.68. The number of amides is 2. The van der Waals surface area contributed by atoms with E-state index in [0.717, 1.165) is 82.2 Å². The predicted octanol–water partition coefficient (Wildman–Crippen LogP) is 4.60. The monoisotopic (exact) mass is 422 g/mol. The summed E-state index contributed by atoms with van der Waals surface area (Å²) < 4.78 is 5.90. The van der Waals surface area contributed by atoms with Crippen LogP contribution in [0.1, 0.15) is 75.0 Å². The molecule has 1 aromatic heterocycles. The summed E-state index contributed by atoms with van der Waals surface area (Å²) in [6, 6.07) is 2.27. The van der Waals surface area contributed by atoms with Crippen LogP contribution in [-0.4, -0.2) is 47.3 Å². The number of nitrogens with zero attached hydrogens (tertiary/aromatic N) is 2. The number of aryl methyl sites for hydroxylation is 1. The Balaban J connectivity index is 1.53. The highest BCUT2D eigenvalue weighted by Gasteiger charge is 2.59. The zero-order valence-corrected chi connectivity index (χ0v) is 18.4. The van der Waals surface area contributed by atoms with Crippen LogP contribution in [0.3, 0.4) is 0 Å². The van der Waals surface area contributed by atoms with Crippen LogP contribution in [0.5, 0.6) is 0 Å². The minimum atomic E-state index is -0.535. The molecule has 5 aliphatic heterocycles. The molecule has 4 bridgehead atoms. The Morgan fingerprint density at radius 2 is 1.77 bits per heavy atom. The SMILES string of the molecule is O=C1C[C@H]2c3coc(c3)CC/C=C\CCCCN1C[C@@]21C[C@@H]2/C=C\CCCCN2C1=O. The lowest BCUT2D eigenvalue weighted by molar-refractivity contribution is -0.148. The van der Waals surface area contributed by atoms with Gasteiger partial charge in [-0.3, -0.25) is 9.59 Å². The fourth-order valence-electron chi connectivity index (χ4n) is 6.08. The molecule has 5 heteroatoms. The molecule has 5 nitrogen and oxygen atoms in total. The van der Waals surface area contributed by atoms with Crippen LogP contribution < -0.4 is 0 Å². The van der Waals surface area contributed by atoms with Crippen LogP contribution in [0.15, 0.2) is 41.1 Å². The third-order valence-electron chi connectivity index (χ3n) is 7.76. The minimum Gasteiger partial charge on any atom is -0.469 e. The van der Waals surface area contributed by atoms with E-state index < -0.39 is 5.41 Å². The Labute approximate surface area is 185 Å². The molecule has 0 saturated carbocycles. The molecule has 5 aliphatic rings. The second-order valence-corrected chi connectivity index (χ2v) is 9.77. The van der Waals surface area contributed by atoms with Crippen LogP contribution in [0, 0.1) is 5.41 Å². The lowest BCUT2D eigenvalue weighted by atomic mass is 9.66. The molecule has 2 fully saturated rings. The van der Waals surface area contributed by atoms with Crippen molar-refractivity contribution < 1.29 is 14.0 Å². The van der Waals surface area contributed by atoms with Crippen LogP contribution in [0.25, 0.3) is 0 Å². The van der Waals surface area contributed by atoms with Gasteiger partial charge in [0.25, 0.3) is 0 Å². The number of rotatable bonds is 0. The van der Waals surface area contributed by atoms with Crippen molar-refractivity contribution in [1.82, 2.24) is 9.80 Å². The van der Waals surface area contributed by atoms with Gasteiger partial charge >= 0.3 is 0 Å². The predicted molar refractivity (Wildman–Crippen MR) is 120 cm³/mol. The summed E-state index contributed by atoms with van der Waals surface area (Å²) in [5.74, 6) is 1.30. The number of fused-ring (bicyclic) bond motifs is 8. The topological polar surface area (TPSA) is 53.8 Å². The lowest BCUT2D eigenvalue weighted by Crippen LogP contribution is -2.54. The molecule has 0 aromatic carbocycles. The molecule has 31 heavy (non-hydrogen) atoms. The van der Waals surface area contributed by atoms with Gasteiger partial charge in [0.05, 0.1) is 17.7 Å². The maximum Gasteiger partial charge on any atom is 0.231 e. The van der Waals surface area contributed by atoms with E-state index in [-0.39, 0.29) is 23.8 Å². The van der Waals surface area contributed by atoms with E-state index in [2.05, 4.69) is 35.3 Å². The number of carbonyl (C=O) groups is 2. The normalized spacial score (nSPS) is 34.1. The third-order valence-corrected chi connectivity index (χ3v) is 7.76. The molecule has 3 atom stereocenters. The van der Waals surface area contributed by atoms with E-state index >= 15 is 0 Å². The van der Waals surface area contributed by atoms with Crippen LogP contribution in [0.2, 0.25) is 0 Å². The van der Waals surface area contributed by atoms with Crippen molar-refractivity contribution in [3.8, 4) is 0 Å². The Hall–Kier alpha value is -2.30. The molecule has 166 valence electrons. The van der Waals surface area contributed by atoms with E-state index in [1.165, 1.54) is 0 Å². The largest absolute Gasteiger partial charge is 0.469 e. The first-order valence-corrected chi connectivity index (χ1v) is 12.2. The van der Waals surface area contributed by atoms with E-state index in [1.807, 2.05) is 11.2 Å². The van der Waals surface area contributed by atoms with Gasteiger partial charge in [-0.2, -0.15) is 0 Å². The minimum absolute atomic E-state index is 0.0939. The molecule has 0 aliphatic carbocycles. The number of piperidine rings is 1. The standard InChI is InChI=1S/C26H34N2O3/c29-24-16-23-20-15-22(31-18-20)12-8-3-1-2-5-9-13-27(24)19-26(23)17-21-11-7-4-6-10-14-28(21)25(26)30/h1,3,7,11,15,18,21,23H,2,4-6,8-10,12-14,16-17,19H2/b3-1-,11-7-/t21-,23-,26-/m0/s1. The first-order chi connectivity index (χ1) is 15.2. The molecule has 0 unspecified atom stereocenters. The zero-order chi connectivity index (χ0) is 21.3. The number of hydrogen-bond acceptors (Lipinski definition) is 3. The maximum absolute atomic E-state index is 14.0. The molecule has 6 heterocycles. The van der Waals surface area contributed by atoms with Crippen molar-refractivity contribution >= 4 is 11.8 Å². The highest BCUT2D eigenvalue weighted by atomic mass is 16.3. The van der Waals surface area contributed by atoms with Gasteiger partial charge in [0, 0.05) is 38.4 Å². The third kappa shape index (κ3) is 3.88. The molecule has 1 aromatic rings. The molecular formula is C26H34N2O3. The summed E-state index contributed by atoms with van der Waals surface area (Å²) in [7, 11) is 0. The molecule has 2 amide bonds. The molecule has 0 N–H and O–H groups in total. The number of hydrogen-bond donors (Lipinski definition) is 0. The quantitative estimate of drug-likeness (QED) is 0.575. The van der Waals surface area contributed by atoms with E-state index in [0.29, 0.717) is 13.0 Å². The Morgan fingerprint density at radius 3 is 2.68 bits per heavy atom. The molecular weight excluding hydrogens is 388 g/mol. The lowest BCUT2D eigenvalue weighted by Gasteiger charge is -2.44. The van der Waals surface area contributed by atoms with Crippen LogP contribution in [-0.2, 0) is 16.0 Å². The van der Waals surface area contributed by atoms with Crippen molar-refractivity contribution in [3.63, 3.8) is 0 Å². The average molecular weight is 423 g/mol. The van der Waals surface area contributed by atoms with Crippen molar-refractivity contribution in [1.29, 1.82) is 0 Å². The van der Waals surface area contributed by atoms with Crippen LogP contribution in [0.4, 0.5) is 0 Å². The summed E-state index contributed by atoms with van der Waals surface area (Å²) >= 11 is 0. The van der Waals surface area contributed by atoms with E-state index in [1.54, 1.807) is 0 Å². The first-order valence-electron chi connectivity index (χ1n) is 12.2.